The van der Waals surface area contributed by atoms with E-state index in [1.165, 1.54) is 4.90 Å². The van der Waals surface area contributed by atoms with Crippen LogP contribution in [0.4, 0.5) is 16.3 Å². The van der Waals surface area contributed by atoms with Gasteiger partial charge in [0.1, 0.15) is 5.82 Å². The van der Waals surface area contributed by atoms with E-state index in [2.05, 4.69) is 28.2 Å². The van der Waals surface area contributed by atoms with Gasteiger partial charge in [-0.2, -0.15) is 0 Å². The van der Waals surface area contributed by atoms with Gasteiger partial charge >= 0.3 is 6.03 Å². The quantitative estimate of drug-likeness (QED) is 0.874. The summed E-state index contributed by atoms with van der Waals surface area (Å²) >= 11 is 0. The van der Waals surface area contributed by atoms with E-state index in [1.54, 1.807) is 30.5 Å². The summed E-state index contributed by atoms with van der Waals surface area (Å²) in [5, 5.41) is 2.76. The van der Waals surface area contributed by atoms with Crippen molar-refractivity contribution in [2.24, 2.45) is 0 Å². The van der Waals surface area contributed by atoms with Crippen LogP contribution in [0.15, 0.2) is 48.8 Å². The third kappa shape index (κ3) is 3.94. The molecule has 29 heavy (non-hydrogen) atoms. The molecule has 1 saturated heterocycles. The highest BCUT2D eigenvalue weighted by Gasteiger charge is 2.24. The molecule has 0 unspecified atom stereocenters. The molecular formula is C22H25N5O2. The van der Waals surface area contributed by atoms with Gasteiger partial charge in [-0.05, 0) is 55.3 Å². The molecule has 0 atom stereocenters. The lowest BCUT2D eigenvalue weighted by atomic mass is 10.1. The molecule has 1 fully saturated rings. The Morgan fingerprint density at radius 3 is 2.45 bits per heavy atom. The summed E-state index contributed by atoms with van der Waals surface area (Å²) in [6, 6.07) is 9.15. The summed E-state index contributed by atoms with van der Waals surface area (Å²) in [4.78, 5) is 35.0. The number of pyridine rings is 1. The lowest BCUT2D eigenvalue weighted by molar-refractivity contribution is 0.0746. The molecule has 7 heteroatoms. The predicted octanol–water partition coefficient (Wildman–Crippen LogP) is 2.70. The van der Waals surface area contributed by atoms with Gasteiger partial charge < -0.3 is 15.1 Å². The minimum atomic E-state index is -0.164. The predicted molar refractivity (Wildman–Crippen MR) is 113 cm³/mol. The smallest absolute Gasteiger partial charge is 0.326 e. The first-order chi connectivity index (χ1) is 14.0. The number of hydrogen-bond donors (Lipinski definition) is 1. The fourth-order valence-corrected chi connectivity index (χ4v) is 3.77. The Balaban J connectivity index is 1.40. The third-order valence-corrected chi connectivity index (χ3v) is 5.29. The molecular weight excluding hydrogens is 366 g/mol. The van der Waals surface area contributed by atoms with Gasteiger partial charge in [0.25, 0.3) is 5.91 Å². The number of carbonyl (C=O) groups excluding carboxylic acids is 2. The Hall–Kier alpha value is -3.35. The van der Waals surface area contributed by atoms with Crippen LogP contribution >= 0.6 is 0 Å². The minimum absolute atomic E-state index is 0.0171. The van der Waals surface area contributed by atoms with Crippen molar-refractivity contribution in [2.45, 2.75) is 13.8 Å². The second kappa shape index (κ2) is 7.95. The molecule has 1 aromatic carbocycles. The van der Waals surface area contributed by atoms with Crippen LogP contribution in [0.25, 0.3) is 0 Å². The molecule has 0 bridgehead atoms. The van der Waals surface area contributed by atoms with Gasteiger partial charge in [0.2, 0.25) is 0 Å². The molecule has 1 N–H and O–H groups in total. The highest BCUT2D eigenvalue weighted by Crippen LogP contribution is 2.21. The third-order valence-electron chi connectivity index (χ3n) is 5.29. The minimum Gasteiger partial charge on any atom is -0.353 e. The molecule has 0 aliphatic carbocycles. The van der Waals surface area contributed by atoms with Crippen LogP contribution in [0.2, 0.25) is 0 Å². The van der Waals surface area contributed by atoms with E-state index in [4.69, 9.17) is 0 Å². The van der Waals surface area contributed by atoms with Crippen molar-refractivity contribution in [3.63, 3.8) is 0 Å². The van der Waals surface area contributed by atoms with E-state index >= 15 is 0 Å². The molecule has 4 rings (SSSR count). The summed E-state index contributed by atoms with van der Waals surface area (Å²) in [6.07, 6.45) is 5.51. The molecule has 2 aliphatic rings. The number of aromatic nitrogens is 1. The van der Waals surface area contributed by atoms with Gasteiger partial charge in [0, 0.05) is 50.7 Å². The fraction of sp³-hybridized carbons (Fsp3) is 0.318. The van der Waals surface area contributed by atoms with Gasteiger partial charge in [0.05, 0.1) is 5.69 Å². The molecule has 0 radical (unpaired) electrons. The summed E-state index contributed by atoms with van der Waals surface area (Å²) < 4.78 is 0. The Kier molecular flexibility index (Phi) is 5.20. The lowest BCUT2D eigenvalue weighted by Crippen LogP contribution is -2.49. The van der Waals surface area contributed by atoms with Crippen LogP contribution < -0.4 is 15.1 Å². The topological polar surface area (TPSA) is 68.8 Å². The Morgan fingerprint density at radius 2 is 1.79 bits per heavy atom. The van der Waals surface area contributed by atoms with Crippen molar-refractivity contribution < 1.29 is 9.59 Å². The van der Waals surface area contributed by atoms with Gasteiger partial charge in [-0.15, -0.1) is 0 Å². The molecule has 2 aromatic rings. The summed E-state index contributed by atoms with van der Waals surface area (Å²) in [6.45, 7) is 7.50. The SMILES string of the molecule is Cc1cnc(N2CCN(C(=O)c3ccc(N4C=CCNC4=O)cc3)CC2)c(C)c1. The van der Waals surface area contributed by atoms with Crippen LogP contribution in [0.1, 0.15) is 21.5 Å². The molecule has 3 heterocycles. The average molecular weight is 391 g/mol. The number of carbonyl (C=O) groups is 2. The van der Waals surface area contributed by atoms with Gasteiger partial charge in [0.15, 0.2) is 0 Å². The van der Waals surface area contributed by atoms with Crippen LogP contribution in [-0.2, 0) is 0 Å². The van der Waals surface area contributed by atoms with Crippen molar-refractivity contribution >= 4 is 23.4 Å². The zero-order chi connectivity index (χ0) is 20.4. The molecule has 7 nitrogen and oxygen atoms in total. The Morgan fingerprint density at radius 1 is 1.07 bits per heavy atom. The van der Waals surface area contributed by atoms with Crippen molar-refractivity contribution in [2.75, 3.05) is 42.5 Å². The second-order valence-electron chi connectivity index (χ2n) is 7.42. The van der Waals surface area contributed by atoms with Gasteiger partial charge in [-0.3, -0.25) is 9.69 Å². The van der Waals surface area contributed by atoms with Crippen molar-refractivity contribution in [3.05, 3.63) is 65.5 Å². The first kappa shape index (κ1) is 19.0. The zero-order valence-electron chi connectivity index (χ0n) is 16.8. The summed E-state index contributed by atoms with van der Waals surface area (Å²) in [5.41, 5.74) is 3.69. The van der Waals surface area contributed by atoms with Gasteiger partial charge in [-0.1, -0.05) is 6.07 Å². The molecule has 0 spiro atoms. The number of rotatable bonds is 3. The van der Waals surface area contributed by atoms with Crippen LogP contribution in [0.3, 0.4) is 0 Å². The van der Waals surface area contributed by atoms with Crippen LogP contribution in [0, 0.1) is 13.8 Å². The zero-order valence-corrected chi connectivity index (χ0v) is 16.8. The Bertz CT molecular complexity index is 946. The summed E-state index contributed by atoms with van der Waals surface area (Å²) in [7, 11) is 0. The van der Waals surface area contributed by atoms with Crippen LogP contribution in [-0.4, -0.2) is 54.5 Å². The lowest BCUT2D eigenvalue weighted by Gasteiger charge is -2.36. The van der Waals surface area contributed by atoms with Crippen molar-refractivity contribution in [1.29, 1.82) is 0 Å². The molecule has 1 aromatic heterocycles. The van der Waals surface area contributed by atoms with E-state index in [0.29, 0.717) is 25.2 Å². The number of nitrogens with one attached hydrogen (secondary N) is 1. The van der Waals surface area contributed by atoms with Gasteiger partial charge in [-0.25, -0.2) is 9.78 Å². The Labute approximate surface area is 170 Å². The number of anilines is 2. The second-order valence-corrected chi connectivity index (χ2v) is 7.42. The van der Waals surface area contributed by atoms with Crippen LogP contribution in [0.5, 0.6) is 0 Å². The largest absolute Gasteiger partial charge is 0.353 e. The number of benzene rings is 1. The maximum absolute atomic E-state index is 12.9. The van der Waals surface area contributed by atoms with E-state index in [9.17, 15) is 9.59 Å². The normalized spacial score (nSPS) is 16.8. The number of urea groups is 1. The van der Waals surface area contributed by atoms with E-state index in [0.717, 1.165) is 35.7 Å². The first-order valence-corrected chi connectivity index (χ1v) is 9.84. The highest BCUT2D eigenvalue weighted by atomic mass is 16.2. The monoisotopic (exact) mass is 391 g/mol. The maximum atomic E-state index is 12.9. The number of nitrogens with zero attached hydrogens (tertiary/aromatic N) is 4. The molecule has 2 aliphatic heterocycles. The maximum Gasteiger partial charge on any atom is 0.326 e. The molecule has 150 valence electrons. The van der Waals surface area contributed by atoms with E-state index in [-0.39, 0.29) is 11.9 Å². The van der Waals surface area contributed by atoms with E-state index in [1.807, 2.05) is 24.1 Å². The number of amides is 3. The van der Waals surface area contributed by atoms with E-state index < -0.39 is 0 Å². The molecule has 0 saturated carbocycles. The standard InChI is InChI=1S/C22H25N5O2/c1-16-14-17(2)20(24-15-16)25-10-12-26(13-11-25)21(28)18-4-6-19(7-5-18)27-9-3-8-23-22(27)29/h3-7,9,14-15H,8,10-13H2,1-2H3,(H,23,29). The number of piperazine rings is 1. The number of hydrogen-bond acceptors (Lipinski definition) is 4. The number of aryl methyl sites for hydroxylation is 2. The summed E-state index contributed by atoms with van der Waals surface area (Å²) in [5.74, 6) is 1.02. The van der Waals surface area contributed by atoms with Crippen molar-refractivity contribution in [3.8, 4) is 0 Å². The first-order valence-electron chi connectivity index (χ1n) is 9.84. The average Bonchev–Trinajstić information content (AvgIpc) is 2.74. The molecule has 3 amide bonds. The fourth-order valence-electron chi connectivity index (χ4n) is 3.77. The van der Waals surface area contributed by atoms with Crippen molar-refractivity contribution in [1.82, 2.24) is 15.2 Å². The highest BCUT2D eigenvalue weighted by molar-refractivity contribution is 5.97.